The van der Waals surface area contributed by atoms with Crippen LogP contribution < -0.4 is 11.3 Å². The summed E-state index contributed by atoms with van der Waals surface area (Å²) in [5.74, 6) is 5.21. The predicted octanol–water partition coefficient (Wildman–Crippen LogP) is 3.18. The molecule has 0 spiro atoms. The number of nitrogens with two attached hydrogens (primary N) is 1. The maximum absolute atomic E-state index is 13.9. The van der Waals surface area contributed by atoms with Crippen LogP contribution in [0.1, 0.15) is 29.8 Å². The smallest absolute Gasteiger partial charge is 0.128 e. The Kier molecular flexibility index (Phi) is 5.06. The van der Waals surface area contributed by atoms with Gasteiger partial charge in [0.25, 0.3) is 0 Å². The van der Waals surface area contributed by atoms with Gasteiger partial charge in [-0.05, 0) is 36.2 Å². The van der Waals surface area contributed by atoms with Gasteiger partial charge in [0.05, 0.1) is 6.04 Å². The molecule has 0 fully saturated rings. The first kappa shape index (κ1) is 14.9. The van der Waals surface area contributed by atoms with Crippen LogP contribution in [-0.4, -0.2) is 4.98 Å². The predicted molar refractivity (Wildman–Crippen MR) is 78.8 cm³/mol. The van der Waals surface area contributed by atoms with Crippen LogP contribution in [0, 0.1) is 5.82 Å². The fourth-order valence-electron chi connectivity index (χ4n) is 2.03. The molecule has 0 aliphatic heterocycles. The summed E-state index contributed by atoms with van der Waals surface area (Å²) in [5.41, 5.74) is 5.09. The minimum Gasteiger partial charge on any atom is -0.271 e. The number of aryl methyl sites for hydroxylation is 1. The first-order valence-corrected chi connectivity index (χ1v) is 6.86. The molecule has 1 heterocycles. The Morgan fingerprint density at radius 3 is 2.75 bits per heavy atom. The van der Waals surface area contributed by atoms with Crippen molar-refractivity contribution in [2.75, 3.05) is 0 Å². The monoisotopic (exact) mass is 293 g/mol. The number of halogens is 2. The molecule has 0 amide bonds. The fourth-order valence-corrected chi connectivity index (χ4v) is 2.21. The van der Waals surface area contributed by atoms with Gasteiger partial charge in [-0.1, -0.05) is 24.6 Å². The molecule has 106 valence electrons. The van der Waals surface area contributed by atoms with Crippen LogP contribution >= 0.6 is 11.6 Å². The fraction of sp³-hybridized carbons (Fsp3) is 0.267. The average Bonchev–Trinajstić information content (AvgIpc) is 2.48. The van der Waals surface area contributed by atoms with Gasteiger partial charge in [-0.2, -0.15) is 0 Å². The highest BCUT2D eigenvalue weighted by Crippen LogP contribution is 2.23. The highest BCUT2D eigenvalue weighted by atomic mass is 35.5. The van der Waals surface area contributed by atoms with E-state index in [1.165, 1.54) is 17.7 Å². The van der Waals surface area contributed by atoms with E-state index in [2.05, 4.69) is 17.3 Å². The van der Waals surface area contributed by atoms with Crippen molar-refractivity contribution in [2.45, 2.75) is 25.8 Å². The molecule has 2 aromatic rings. The Bertz CT molecular complexity index is 572. The Hall–Kier alpha value is -1.49. The molecule has 0 radical (unpaired) electrons. The number of hydrogen-bond donors (Lipinski definition) is 2. The summed E-state index contributed by atoms with van der Waals surface area (Å²) in [6, 6.07) is 8.03. The van der Waals surface area contributed by atoms with Crippen molar-refractivity contribution >= 4 is 11.6 Å². The zero-order valence-corrected chi connectivity index (χ0v) is 12.0. The van der Waals surface area contributed by atoms with E-state index in [-0.39, 0.29) is 11.9 Å². The number of nitrogens with zero attached hydrogens (tertiary/aromatic N) is 1. The zero-order chi connectivity index (χ0) is 14.5. The third-order valence-corrected chi connectivity index (χ3v) is 3.48. The van der Waals surface area contributed by atoms with Gasteiger partial charge < -0.3 is 0 Å². The second kappa shape index (κ2) is 6.79. The SMILES string of the molecule is CCc1ccc(CC(NN)c2cc(Cl)ccc2F)nc1. The van der Waals surface area contributed by atoms with Crippen molar-refractivity contribution in [1.82, 2.24) is 10.4 Å². The average molecular weight is 294 g/mol. The molecule has 3 nitrogen and oxygen atoms in total. The van der Waals surface area contributed by atoms with Crippen molar-refractivity contribution in [3.63, 3.8) is 0 Å². The number of benzene rings is 1. The van der Waals surface area contributed by atoms with Gasteiger partial charge in [0.1, 0.15) is 5.82 Å². The Morgan fingerprint density at radius 1 is 1.35 bits per heavy atom. The number of hydrogen-bond acceptors (Lipinski definition) is 3. The van der Waals surface area contributed by atoms with Crippen LogP contribution in [-0.2, 0) is 12.8 Å². The van der Waals surface area contributed by atoms with E-state index >= 15 is 0 Å². The van der Waals surface area contributed by atoms with Crippen molar-refractivity contribution in [2.24, 2.45) is 5.84 Å². The van der Waals surface area contributed by atoms with Gasteiger partial charge >= 0.3 is 0 Å². The summed E-state index contributed by atoms with van der Waals surface area (Å²) in [6.45, 7) is 2.07. The lowest BCUT2D eigenvalue weighted by Gasteiger charge is -2.17. The zero-order valence-electron chi connectivity index (χ0n) is 11.2. The molecule has 1 aromatic heterocycles. The number of rotatable bonds is 5. The largest absolute Gasteiger partial charge is 0.271 e. The molecule has 0 bridgehead atoms. The van der Waals surface area contributed by atoms with Gasteiger partial charge in [-0.3, -0.25) is 16.3 Å². The van der Waals surface area contributed by atoms with Gasteiger partial charge in [-0.25, -0.2) is 4.39 Å². The van der Waals surface area contributed by atoms with E-state index in [1.54, 1.807) is 6.07 Å². The summed E-state index contributed by atoms with van der Waals surface area (Å²) >= 11 is 5.91. The Balaban J connectivity index is 2.21. The van der Waals surface area contributed by atoms with E-state index in [0.29, 0.717) is 17.0 Å². The summed E-state index contributed by atoms with van der Waals surface area (Å²) in [6.07, 6.45) is 3.27. The molecule has 0 saturated carbocycles. The second-order valence-corrected chi connectivity index (χ2v) is 5.04. The number of pyridine rings is 1. The quantitative estimate of drug-likeness (QED) is 0.657. The Labute approximate surface area is 122 Å². The maximum atomic E-state index is 13.9. The highest BCUT2D eigenvalue weighted by Gasteiger charge is 2.16. The number of hydrazine groups is 1. The minimum atomic E-state index is -0.367. The van der Waals surface area contributed by atoms with E-state index in [1.807, 2.05) is 18.3 Å². The van der Waals surface area contributed by atoms with Crippen LogP contribution in [0.2, 0.25) is 5.02 Å². The van der Waals surface area contributed by atoms with E-state index in [9.17, 15) is 4.39 Å². The van der Waals surface area contributed by atoms with Gasteiger partial charge in [0.2, 0.25) is 0 Å². The lowest BCUT2D eigenvalue weighted by atomic mass is 10.0. The topological polar surface area (TPSA) is 50.9 Å². The molecule has 3 N–H and O–H groups in total. The highest BCUT2D eigenvalue weighted by molar-refractivity contribution is 6.30. The Morgan fingerprint density at radius 2 is 2.15 bits per heavy atom. The third-order valence-electron chi connectivity index (χ3n) is 3.24. The summed E-state index contributed by atoms with van der Waals surface area (Å²) in [5, 5.41) is 0.482. The van der Waals surface area contributed by atoms with Crippen molar-refractivity contribution in [1.29, 1.82) is 0 Å². The van der Waals surface area contributed by atoms with E-state index < -0.39 is 0 Å². The molecule has 1 unspecified atom stereocenters. The van der Waals surface area contributed by atoms with Crippen LogP contribution in [0.25, 0.3) is 0 Å². The second-order valence-electron chi connectivity index (χ2n) is 4.60. The molecule has 0 saturated heterocycles. The van der Waals surface area contributed by atoms with Gasteiger partial charge in [0, 0.05) is 28.9 Å². The summed E-state index contributed by atoms with van der Waals surface area (Å²) in [7, 11) is 0. The molecule has 1 aromatic carbocycles. The van der Waals surface area contributed by atoms with Gasteiger partial charge in [-0.15, -0.1) is 0 Å². The number of nitrogens with one attached hydrogen (secondary N) is 1. The molecular formula is C15H17ClFN3. The minimum absolute atomic E-state index is 0.331. The lowest BCUT2D eigenvalue weighted by molar-refractivity contribution is 0.507. The maximum Gasteiger partial charge on any atom is 0.128 e. The summed E-state index contributed by atoms with van der Waals surface area (Å²) in [4.78, 5) is 4.36. The first-order valence-electron chi connectivity index (χ1n) is 6.49. The van der Waals surface area contributed by atoms with E-state index in [4.69, 9.17) is 17.4 Å². The molecule has 20 heavy (non-hydrogen) atoms. The lowest BCUT2D eigenvalue weighted by Crippen LogP contribution is -2.30. The molecule has 5 heteroatoms. The van der Waals surface area contributed by atoms with Crippen molar-refractivity contribution < 1.29 is 4.39 Å². The third kappa shape index (κ3) is 3.54. The normalized spacial score (nSPS) is 12.4. The molecular weight excluding hydrogens is 277 g/mol. The van der Waals surface area contributed by atoms with Crippen molar-refractivity contribution in [3.8, 4) is 0 Å². The van der Waals surface area contributed by atoms with Crippen LogP contribution in [0.4, 0.5) is 4.39 Å². The summed E-state index contributed by atoms with van der Waals surface area (Å²) < 4.78 is 13.9. The number of aromatic nitrogens is 1. The van der Waals surface area contributed by atoms with Crippen molar-refractivity contribution in [3.05, 3.63) is 64.2 Å². The molecule has 0 aliphatic rings. The molecule has 2 rings (SSSR count). The molecule has 0 aliphatic carbocycles. The van der Waals surface area contributed by atoms with Crippen LogP contribution in [0.3, 0.4) is 0 Å². The van der Waals surface area contributed by atoms with E-state index in [0.717, 1.165) is 12.1 Å². The van der Waals surface area contributed by atoms with Crippen LogP contribution in [0.15, 0.2) is 36.5 Å². The first-order chi connectivity index (χ1) is 9.63. The van der Waals surface area contributed by atoms with Gasteiger partial charge in [0.15, 0.2) is 0 Å². The molecule has 1 atom stereocenters. The standard InChI is InChI=1S/C15H17ClFN3/c1-2-10-3-5-12(19-9-10)8-15(20-18)13-7-11(16)4-6-14(13)17/h3-7,9,15,20H,2,8,18H2,1H3. The van der Waals surface area contributed by atoms with Crippen LogP contribution in [0.5, 0.6) is 0 Å².